The lowest BCUT2D eigenvalue weighted by Crippen LogP contribution is -2.46. The lowest BCUT2D eigenvalue weighted by atomic mass is 9.79. The van der Waals surface area contributed by atoms with Gasteiger partial charge < -0.3 is 16.0 Å². The second-order valence-corrected chi connectivity index (χ2v) is 6.05. The van der Waals surface area contributed by atoms with Crippen LogP contribution in [0, 0.1) is 11.8 Å². The van der Waals surface area contributed by atoms with E-state index < -0.39 is 0 Å². The van der Waals surface area contributed by atoms with Crippen molar-refractivity contribution in [2.24, 2.45) is 17.6 Å². The first-order chi connectivity index (χ1) is 8.41. The third kappa shape index (κ3) is 4.58. The molecule has 1 rings (SSSR count). The molecule has 106 valence electrons. The molecule has 0 heterocycles. The zero-order chi connectivity index (χ0) is 13.7. The molecule has 3 N–H and O–H groups in total. The van der Waals surface area contributed by atoms with Gasteiger partial charge in [0.25, 0.3) is 0 Å². The Morgan fingerprint density at radius 2 is 2.11 bits per heavy atom. The second-order valence-electron chi connectivity index (χ2n) is 6.05. The van der Waals surface area contributed by atoms with Crippen LogP contribution in [-0.4, -0.2) is 43.0 Å². The van der Waals surface area contributed by atoms with Crippen molar-refractivity contribution in [3.63, 3.8) is 0 Å². The maximum absolute atomic E-state index is 12.1. The minimum absolute atomic E-state index is 0.0121. The summed E-state index contributed by atoms with van der Waals surface area (Å²) in [6, 6.07) is 0.558. The fourth-order valence-electron chi connectivity index (χ4n) is 2.45. The largest absolute Gasteiger partial charge is 0.355 e. The van der Waals surface area contributed by atoms with Crippen LogP contribution in [0.15, 0.2) is 0 Å². The van der Waals surface area contributed by atoms with Crippen LogP contribution in [0.5, 0.6) is 0 Å². The molecule has 4 heteroatoms. The third-order valence-corrected chi connectivity index (χ3v) is 4.15. The highest BCUT2D eigenvalue weighted by Crippen LogP contribution is 2.27. The van der Waals surface area contributed by atoms with Gasteiger partial charge in [0.2, 0.25) is 5.91 Å². The van der Waals surface area contributed by atoms with Crippen LogP contribution in [0.25, 0.3) is 0 Å². The standard InChI is InChI=1S/C14H29N3O/c1-10(2)17(4)8-7-16-14(18)12-9-11(3)5-6-13(12)15/h10-13H,5-9,15H2,1-4H3,(H,16,18). The molecule has 18 heavy (non-hydrogen) atoms. The van der Waals surface area contributed by atoms with Gasteiger partial charge in [0.1, 0.15) is 0 Å². The highest BCUT2D eigenvalue weighted by molar-refractivity contribution is 5.79. The zero-order valence-electron chi connectivity index (χ0n) is 12.3. The molecule has 0 radical (unpaired) electrons. The number of nitrogens with zero attached hydrogens (tertiary/aromatic N) is 1. The summed E-state index contributed by atoms with van der Waals surface area (Å²) in [7, 11) is 2.07. The lowest BCUT2D eigenvalue weighted by Gasteiger charge is -2.31. The van der Waals surface area contributed by atoms with Crippen LogP contribution in [-0.2, 0) is 4.79 Å². The Morgan fingerprint density at radius 1 is 1.44 bits per heavy atom. The summed E-state index contributed by atoms with van der Waals surface area (Å²) in [4.78, 5) is 14.3. The second kappa shape index (κ2) is 7.10. The summed E-state index contributed by atoms with van der Waals surface area (Å²) >= 11 is 0. The van der Waals surface area contributed by atoms with Gasteiger partial charge in [-0.25, -0.2) is 0 Å². The first kappa shape index (κ1) is 15.4. The SMILES string of the molecule is CC1CCC(N)C(C(=O)NCCN(C)C(C)C)C1. The van der Waals surface area contributed by atoms with Crippen LogP contribution < -0.4 is 11.1 Å². The van der Waals surface area contributed by atoms with E-state index in [4.69, 9.17) is 5.73 Å². The molecular weight excluding hydrogens is 226 g/mol. The summed E-state index contributed by atoms with van der Waals surface area (Å²) in [5.41, 5.74) is 6.05. The van der Waals surface area contributed by atoms with Crippen molar-refractivity contribution in [2.75, 3.05) is 20.1 Å². The van der Waals surface area contributed by atoms with E-state index >= 15 is 0 Å². The highest BCUT2D eigenvalue weighted by atomic mass is 16.1. The molecule has 1 amide bonds. The first-order valence-electron chi connectivity index (χ1n) is 7.15. The van der Waals surface area contributed by atoms with Crippen LogP contribution in [0.4, 0.5) is 0 Å². The average Bonchev–Trinajstić information content (AvgIpc) is 2.31. The van der Waals surface area contributed by atoms with Gasteiger partial charge in [-0.1, -0.05) is 6.92 Å². The molecule has 3 unspecified atom stereocenters. The molecule has 0 aliphatic heterocycles. The van der Waals surface area contributed by atoms with E-state index in [9.17, 15) is 4.79 Å². The van der Waals surface area contributed by atoms with E-state index in [0.29, 0.717) is 18.5 Å². The molecule has 0 saturated heterocycles. The van der Waals surface area contributed by atoms with Crippen molar-refractivity contribution >= 4 is 5.91 Å². The van der Waals surface area contributed by atoms with E-state index in [1.54, 1.807) is 0 Å². The average molecular weight is 255 g/mol. The molecule has 3 atom stereocenters. The van der Waals surface area contributed by atoms with Gasteiger partial charge in [-0.2, -0.15) is 0 Å². The number of likely N-dealkylation sites (N-methyl/N-ethyl adjacent to an activating group) is 1. The fourth-order valence-corrected chi connectivity index (χ4v) is 2.45. The van der Waals surface area contributed by atoms with Gasteiger partial charge in [0, 0.05) is 25.2 Å². The number of hydrogen-bond acceptors (Lipinski definition) is 3. The molecule has 1 fully saturated rings. The van der Waals surface area contributed by atoms with Crippen LogP contribution >= 0.6 is 0 Å². The Hall–Kier alpha value is -0.610. The van der Waals surface area contributed by atoms with Crippen molar-refractivity contribution in [3.05, 3.63) is 0 Å². The Balaban J connectivity index is 2.31. The summed E-state index contributed by atoms with van der Waals surface area (Å²) < 4.78 is 0. The minimum Gasteiger partial charge on any atom is -0.355 e. The number of nitrogens with two attached hydrogens (primary N) is 1. The topological polar surface area (TPSA) is 58.4 Å². The highest BCUT2D eigenvalue weighted by Gasteiger charge is 2.31. The number of carbonyl (C=O) groups excluding carboxylic acids is 1. The molecule has 0 aromatic carbocycles. The van der Waals surface area contributed by atoms with E-state index in [-0.39, 0.29) is 17.9 Å². The number of amides is 1. The number of carbonyl (C=O) groups is 1. The number of hydrogen-bond donors (Lipinski definition) is 2. The van der Waals surface area contributed by atoms with Gasteiger partial charge in [-0.15, -0.1) is 0 Å². The lowest BCUT2D eigenvalue weighted by molar-refractivity contribution is -0.127. The zero-order valence-corrected chi connectivity index (χ0v) is 12.3. The fraction of sp³-hybridized carbons (Fsp3) is 0.929. The van der Waals surface area contributed by atoms with Gasteiger partial charge in [0.05, 0.1) is 5.92 Å². The van der Waals surface area contributed by atoms with Crippen LogP contribution in [0.1, 0.15) is 40.0 Å². The molecule has 0 bridgehead atoms. The smallest absolute Gasteiger partial charge is 0.224 e. The van der Waals surface area contributed by atoms with Crippen molar-refractivity contribution in [1.29, 1.82) is 0 Å². The van der Waals surface area contributed by atoms with Gasteiger partial charge in [-0.05, 0) is 46.1 Å². The summed E-state index contributed by atoms with van der Waals surface area (Å²) in [6.45, 7) is 8.12. The maximum Gasteiger partial charge on any atom is 0.224 e. The van der Waals surface area contributed by atoms with Crippen molar-refractivity contribution in [3.8, 4) is 0 Å². The van der Waals surface area contributed by atoms with Crippen molar-refractivity contribution in [2.45, 2.75) is 52.1 Å². The Morgan fingerprint density at radius 3 is 2.72 bits per heavy atom. The van der Waals surface area contributed by atoms with Crippen LogP contribution in [0.3, 0.4) is 0 Å². The maximum atomic E-state index is 12.1. The first-order valence-corrected chi connectivity index (χ1v) is 7.15. The monoisotopic (exact) mass is 255 g/mol. The predicted molar refractivity (Wildman–Crippen MR) is 75.3 cm³/mol. The molecule has 1 aliphatic rings. The molecule has 4 nitrogen and oxygen atoms in total. The molecule has 1 saturated carbocycles. The number of rotatable bonds is 5. The predicted octanol–water partition coefficient (Wildman–Crippen LogP) is 1.21. The molecule has 0 aromatic heterocycles. The quantitative estimate of drug-likeness (QED) is 0.776. The van der Waals surface area contributed by atoms with Gasteiger partial charge in [-0.3, -0.25) is 4.79 Å². The summed E-state index contributed by atoms with van der Waals surface area (Å²) in [5.74, 6) is 0.781. The van der Waals surface area contributed by atoms with Crippen molar-refractivity contribution in [1.82, 2.24) is 10.2 Å². The molecule has 0 aromatic rings. The molecular formula is C14H29N3O. The summed E-state index contributed by atoms with van der Waals surface area (Å²) in [6.07, 6.45) is 3.07. The molecule has 0 spiro atoms. The Kier molecular flexibility index (Phi) is 6.09. The van der Waals surface area contributed by atoms with Crippen LogP contribution in [0.2, 0.25) is 0 Å². The normalized spacial score (nSPS) is 28.7. The Labute approximate surface area is 111 Å². The minimum atomic E-state index is 0.0121. The third-order valence-electron chi connectivity index (χ3n) is 4.15. The van der Waals surface area contributed by atoms with E-state index in [1.807, 2.05) is 0 Å². The van der Waals surface area contributed by atoms with Crippen molar-refractivity contribution < 1.29 is 4.79 Å². The molecule has 1 aliphatic carbocycles. The van der Waals surface area contributed by atoms with Gasteiger partial charge >= 0.3 is 0 Å². The van der Waals surface area contributed by atoms with E-state index in [0.717, 1.165) is 25.8 Å². The Bertz CT molecular complexity index is 268. The van der Waals surface area contributed by atoms with E-state index in [1.165, 1.54) is 0 Å². The van der Waals surface area contributed by atoms with Gasteiger partial charge in [0.15, 0.2) is 0 Å². The van der Waals surface area contributed by atoms with E-state index in [2.05, 4.69) is 38.0 Å². The summed E-state index contributed by atoms with van der Waals surface area (Å²) in [5, 5.41) is 3.03. The number of nitrogens with one attached hydrogen (secondary N) is 1.